The van der Waals surface area contributed by atoms with Crippen LogP contribution >= 0.6 is 0 Å². The van der Waals surface area contributed by atoms with Crippen LogP contribution in [0.5, 0.6) is 0 Å². The van der Waals surface area contributed by atoms with Gasteiger partial charge in [-0.25, -0.2) is 0 Å². The maximum absolute atomic E-state index is 11.5. The zero-order valence-electron chi connectivity index (χ0n) is 18.3. The molecule has 0 aliphatic heterocycles. The van der Waals surface area contributed by atoms with Crippen LogP contribution in [0.25, 0.3) is 0 Å². The second kappa shape index (κ2) is 7.49. The number of hydrogen-bond donors (Lipinski definition) is 4. The number of aliphatic hydroxyl groups is 3. The molecule has 166 valence electrons. The summed E-state index contributed by atoms with van der Waals surface area (Å²) in [6.07, 6.45) is 6.00. The number of aliphatic carboxylic acids is 1. The molecular weight excluding hydrogens is 368 g/mol. The van der Waals surface area contributed by atoms with Gasteiger partial charge < -0.3 is 20.4 Å². The first-order valence-electron chi connectivity index (χ1n) is 11.8. The summed E-state index contributed by atoms with van der Waals surface area (Å²) < 4.78 is 0. The number of carboxylic acid groups (broad SMARTS) is 1. The number of aliphatic hydroxyl groups excluding tert-OH is 3. The molecule has 4 rings (SSSR count). The molecule has 0 saturated heterocycles. The van der Waals surface area contributed by atoms with E-state index in [4.69, 9.17) is 5.11 Å². The predicted molar refractivity (Wildman–Crippen MR) is 110 cm³/mol. The Hall–Kier alpha value is -0.650. The lowest BCUT2D eigenvalue weighted by Gasteiger charge is -2.63. The lowest BCUT2D eigenvalue weighted by Crippen LogP contribution is -2.62. The molecule has 5 nitrogen and oxygen atoms in total. The SMILES string of the molecule is C[C@H](CCC(=O)O)[C@H]1CCC2[C@H]3C(C[C@H](O)[C@@]21C)[C@@]1(C)CC[C@@H](O)C[C@H]1C[C@H]3O. The van der Waals surface area contributed by atoms with E-state index in [1.807, 2.05) is 0 Å². The van der Waals surface area contributed by atoms with Crippen molar-refractivity contribution in [3.63, 3.8) is 0 Å². The molecule has 4 N–H and O–H groups in total. The lowest BCUT2D eigenvalue weighted by atomic mass is 9.43. The van der Waals surface area contributed by atoms with Gasteiger partial charge in [0.05, 0.1) is 18.3 Å². The second-order valence-corrected chi connectivity index (χ2v) is 11.4. The third kappa shape index (κ3) is 3.27. The van der Waals surface area contributed by atoms with E-state index in [0.717, 1.165) is 44.9 Å². The minimum atomic E-state index is -0.748. The van der Waals surface area contributed by atoms with Crippen LogP contribution in [-0.4, -0.2) is 44.7 Å². The van der Waals surface area contributed by atoms with Gasteiger partial charge in [0.15, 0.2) is 0 Å². The van der Waals surface area contributed by atoms with E-state index in [-0.39, 0.29) is 41.3 Å². The summed E-state index contributed by atoms with van der Waals surface area (Å²) in [5.74, 6) is 0.997. The number of carbonyl (C=O) groups is 1. The van der Waals surface area contributed by atoms with Crippen LogP contribution in [0, 0.1) is 46.3 Å². The summed E-state index contributed by atoms with van der Waals surface area (Å²) in [6, 6.07) is 0. The van der Waals surface area contributed by atoms with E-state index < -0.39 is 12.1 Å². The van der Waals surface area contributed by atoms with Crippen molar-refractivity contribution >= 4 is 5.97 Å². The van der Waals surface area contributed by atoms with Crippen LogP contribution in [0.4, 0.5) is 0 Å². The minimum Gasteiger partial charge on any atom is -0.481 e. The molecule has 0 radical (unpaired) electrons. The average Bonchev–Trinajstić information content (AvgIpc) is 3.01. The number of fused-ring (bicyclic) bond motifs is 5. The molecule has 0 amide bonds. The lowest BCUT2D eigenvalue weighted by molar-refractivity contribution is -0.207. The summed E-state index contributed by atoms with van der Waals surface area (Å²) in [4.78, 5) is 11.1. The van der Waals surface area contributed by atoms with Crippen molar-refractivity contribution < 1.29 is 25.2 Å². The van der Waals surface area contributed by atoms with E-state index >= 15 is 0 Å². The first-order valence-corrected chi connectivity index (χ1v) is 11.8. The Labute approximate surface area is 174 Å². The van der Waals surface area contributed by atoms with Crippen LogP contribution in [0.15, 0.2) is 0 Å². The van der Waals surface area contributed by atoms with Gasteiger partial charge in [-0.15, -0.1) is 0 Å². The fraction of sp³-hybridized carbons (Fsp3) is 0.958. The molecule has 0 bridgehead atoms. The Morgan fingerprint density at radius 2 is 1.76 bits per heavy atom. The van der Waals surface area contributed by atoms with Crippen molar-refractivity contribution in [2.24, 2.45) is 46.3 Å². The number of carboxylic acids is 1. The van der Waals surface area contributed by atoms with E-state index in [0.29, 0.717) is 30.1 Å². The molecular formula is C24H40O5. The van der Waals surface area contributed by atoms with Crippen molar-refractivity contribution in [2.75, 3.05) is 0 Å². The highest BCUT2D eigenvalue weighted by molar-refractivity contribution is 5.66. The van der Waals surface area contributed by atoms with E-state index in [9.17, 15) is 20.1 Å². The zero-order chi connectivity index (χ0) is 21.1. The van der Waals surface area contributed by atoms with Gasteiger partial charge in [0.1, 0.15) is 0 Å². The maximum Gasteiger partial charge on any atom is 0.303 e. The molecule has 0 aromatic heterocycles. The Bertz CT molecular complexity index is 637. The monoisotopic (exact) mass is 408 g/mol. The molecule has 0 aromatic rings. The summed E-state index contributed by atoms with van der Waals surface area (Å²) in [6.45, 7) is 6.72. The molecule has 11 atom stereocenters. The third-order valence-corrected chi connectivity index (χ3v) is 10.3. The first-order chi connectivity index (χ1) is 13.6. The van der Waals surface area contributed by atoms with Gasteiger partial charge in [-0.2, -0.15) is 0 Å². The highest BCUT2D eigenvalue weighted by Gasteiger charge is 2.65. The smallest absolute Gasteiger partial charge is 0.303 e. The normalized spacial score (nSPS) is 52.9. The molecule has 2 unspecified atom stereocenters. The Morgan fingerprint density at radius 3 is 2.45 bits per heavy atom. The second-order valence-electron chi connectivity index (χ2n) is 11.4. The van der Waals surface area contributed by atoms with Crippen LogP contribution in [0.1, 0.15) is 78.6 Å². The summed E-state index contributed by atoms with van der Waals surface area (Å²) in [5.41, 5.74) is -0.143. The van der Waals surface area contributed by atoms with Crippen molar-refractivity contribution in [2.45, 2.75) is 96.9 Å². The number of rotatable bonds is 4. The minimum absolute atomic E-state index is 0.0957. The Kier molecular flexibility index (Phi) is 5.57. The molecule has 4 fully saturated rings. The van der Waals surface area contributed by atoms with Gasteiger partial charge in [-0.1, -0.05) is 20.8 Å². The molecule has 4 aliphatic carbocycles. The van der Waals surface area contributed by atoms with Crippen LogP contribution in [0.2, 0.25) is 0 Å². The third-order valence-electron chi connectivity index (χ3n) is 10.3. The van der Waals surface area contributed by atoms with Gasteiger partial charge in [0, 0.05) is 6.42 Å². The molecule has 4 aliphatic rings. The highest BCUT2D eigenvalue weighted by atomic mass is 16.4. The fourth-order valence-electron chi connectivity index (χ4n) is 8.68. The average molecular weight is 409 g/mol. The zero-order valence-corrected chi connectivity index (χ0v) is 18.3. The van der Waals surface area contributed by atoms with Crippen molar-refractivity contribution in [1.29, 1.82) is 0 Å². The summed E-state index contributed by atoms with van der Waals surface area (Å²) >= 11 is 0. The highest BCUT2D eigenvalue weighted by Crippen LogP contribution is 2.68. The standard InChI is InChI=1S/C24H40O5/c1-13(4-7-21(28)29)16-5-6-17-22-18(12-20(27)24(16,17)3)23(2)9-8-15(25)10-14(23)11-19(22)26/h13-20,22,25-27H,4-12H2,1-3H3,(H,28,29)/t13-,14+,15-,16-,17?,18?,19-,20+,22+,23+,24-/m1/s1. The molecule has 0 aromatic carbocycles. The molecule has 0 heterocycles. The van der Waals surface area contributed by atoms with Crippen molar-refractivity contribution in [1.82, 2.24) is 0 Å². The summed E-state index contributed by atoms with van der Waals surface area (Å²) in [7, 11) is 0. The van der Waals surface area contributed by atoms with Crippen LogP contribution in [-0.2, 0) is 4.79 Å². The predicted octanol–water partition coefficient (Wildman–Crippen LogP) is 3.45. The van der Waals surface area contributed by atoms with E-state index in [1.165, 1.54) is 0 Å². The molecule has 5 heteroatoms. The van der Waals surface area contributed by atoms with Gasteiger partial charge in [0.2, 0.25) is 0 Å². The fourth-order valence-corrected chi connectivity index (χ4v) is 8.68. The number of hydrogen-bond acceptors (Lipinski definition) is 4. The van der Waals surface area contributed by atoms with Gasteiger partial charge in [-0.05, 0) is 97.7 Å². The van der Waals surface area contributed by atoms with Crippen molar-refractivity contribution in [3.8, 4) is 0 Å². The molecule has 4 saturated carbocycles. The Morgan fingerprint density at radius 1 is 1.03 bits per heavy atom. The van der Waals surface area contributed by atoms with Crippen molar-refractivity contribution in [3.05, 3.63) is 0 Å². The van der Waals surface area contributed by atoms with Gasteiger partial charge in [-0.3, -0.25) is 4.79 Å². The quantitative estimate of drug-likeness (QED) is 0.571. The maximum atomic E-state index is 11.5. The van der Waals surface area contributed by atoms with Gasteiger partial charge in [0.25, 0.3) is 0 Å². The summed E-state index contributed by atoms with van der Waals surface area (Å²) in [5, 5.41) is 42.0. The van der Waals surface area contributed by atoms with E-state index in [1.54, 1.807) is 0 Å². The molecule has 0 spiro atoms. The largest absolute Gasteiger partial charge is 0.481 e. The van der Waals surface area contributed by atoms with Crippen LogP contribution in [0.3, 0.4) is 0 Å². The molecule has 29 heavy (non-hydrogen) atoms. The topological polar surface area (TPSA) is 98.0 Å². The van der Waals surface area contributed by atoms with Crippen LogP contribution < -0.4 is 0 Å². The van der Waals surface area contributed by atoms with Gasteiger partial charge >= 0.3 is 5.97 Å². The van der Waals surface area contributed by atoms with E-state index in [2.05, 4.69) is 20.8 Å². The first kappa shape index (κ1) is 21.6. The Balaban J connectivity index is 1.61.